The molecule has 0 unspecified atom stereocenters. The first-order chi connectivity index (χ1) is 6.89. The van der Waals surface area contributed by atoms with E-state index < -0.39 is 0 Å². The Morgan fingerprint density at radius 1 is 1.33 bits per heavy atom. The molecule has 0 aliphatic heterocycles. The average molecular weight is 214 g/mol. The summed E-state index contributed by atoms with van der Waals surface area (Å²) in [5.41, 5.74) is 0.470. The van der Waals surface area contributed by atoms with Gasteiger partial charge in [-0.2, -0.15) is 0 Å². The predicted octanol–water partition coefficient (Wildman–Crippen LogP) is 1.98. The molecule has 0 aliphatic rings. The summed E-state index contributed by atoms with van der Waals surface area (Å²) in [5.74, 6) is -0.282. The number of ether oxygens (including phenoxy) is 1. The molecule has 0 amide bonds. The van der Waals surface area contributed by atoms with E-state index in [2.05, 4.69) is 27.6 Å². The lowest BCUT2D eigenvalue weighted by molar-refractivity contribution is -0.890. The fourth-order valence-corrected chi connectivity index (χ4v) is 1.50. The van der Waals surface area contributed by atoms with Crippen LogP contribution in [0, 0.1) is 0 Å². The summed E-state index contributed by atoms with van der Waals surface area (Å²) in [7, 11) is 4.40. The van der Waals surface area contributed by atoms with Gasteiger partial charge in [-0.3, -0.25) is 0 Å². The van der Waals surface area contributed by atoms with E-state index in [0.29, 0.717) is 12.2 Å². The molecule has 15 heavy (non-hydrogen) atoms. The van der Waals surface area contributed by atoms with Crippen LogP contribution in [0.15, 0.2) is 12.2 Å². The lowest BCUT2D eigenvalue weighted by Gasteiger charge is -2.29. The molecule has 0 aromatic carbocycles. The largest absolute Gasteiger partial charge is 0.462 e. The Morgan fingerprint density at radius 3 is 2.40 bits per heavy atom. The molecular weight excluding hydrogens is 190 g/mol. The third-order valence-electron chi connectivity index (χ3n) is 2.32. The zero-order valence-corrected chi connectivity index (χ0v) is 10.5. The van der Waals surface area contributed by atoms with Crippen molar-refractivity contribution in [2.24, 2.45) is 0 Å². The van der Waals surface area contributed by atoms with Gasteiger partial charge in [0.15, 0.2) is 0 Å². The van der Waals surface area contributed by atoms with Gasteiger partial charge in [-0.15, -0.1) is 0 Å². The SMILES string of the molecule is C=C(C)C(=O)OCCC[N+](C)(C)CCC. The predicted molar refractivity (Wildman–Crippen MR) is 62.5 cm³/mol. The van der Waals surface area contributed by atoms with Crippen LogP contribution in [0.25, 0.3) is 0 Å². The van der Waals surface area contributed by atoms with Gasteiger partial charge in [-0.25, -0.2) is 4.79 Å². The fraction of sp³-hybridized carbons (Fsp3) is 0.750. The highest BCUT2D eigenvalue weighted by atomic mass is 16.5. The molecule has 0 atom stereocenters. The minimum absolute atomic E-state index is 0.282. The first-order valence-corrected chi connectivity index (χ1v) is 5.53. The summed E-state index contributed by atoms with van der Waals surface area (Å²) in [6.45, 7) is 10.1. The molecule has 0 fully saturated rings. The van der Waals surface area contributed by atoms with Crippen LogP contribution in [0.1, 0.15) is 26.7 Å². The van der Waals surface area contributed by atoms with Gasteiger partial charge in [0, 0.05) is 12.0 Å². The molecule has 0 saturated heterocycles. The van der Waals surface area contributed by atoms with Crippen LogP contribution in [-0.2, 0) is 9.53 Å². The first kappa shape index (κ1) is 14.2. The number of esters is 1. The molecule has 3 nitrogen and oxygen atoms in total. The second-order valence-corrected chi connectivity index (χ2v) is 4.65. The molecule has 0 heterocycles. The first-order valence-electron chi connectivity index (χ1n) is 5.53. The summed E-state index contributed by atoms with van der Waals surface area (Å²) < 4.78 is 6.02. The Labute approximate surface area is 93.3 Å². The maximum absolute atomic E-state index is 11.1. The summed E-state index contributed by atoms with van der Waals surface area (Å²) in [6.07, 6.45) is 2.09. The van der Waals surface area contributed by atoms with Crippen molar-refractivity contribution in [3.8, 4) is 0 Å². The zero-order chi connectivity index (χ0) is 11.9. The highest BCUT2D eigenvalue weighted by Gasteiger charge is 2.13. The van der Waals surface area contributed by atoms with E-state index in [0.717, 1.165) is 24.0 Å². The maximum Gasteiger partial charge on any atom is 0.333 e. The smallest absolute Gasteiger partial charge is 0.333 e. The van der Waals surface area contributed by atoms with Crippen LogP contribution >= 0.6 is 0 Å². The van der Waals surface area contributed by atoms with Crippen molar-refractivity contribution in [2.45, 2.75) is 26.7 Å². The van der Waals surface area contributed by atoms with Gasteiger partial charge in [0.05, 0.1) is 33.8 Å². The van der Waals surface area contributed by atoms with Crippen LogP contribution in [0.3, 0.4) is 0 Å². The van der Waals surface area contributed by atoms with Crippen molar-refractivity contribution < 1.29 is 14.0 Å². The van der Waals surface area contributed by atoms with Gasteiger partial charge in [0.2, 0.25) is 0 Å². The maximum atomic E-state index is 11.1. The number of carbonyl (C=O) groups is 1. The van der Waals surface area contributed by atoms with Crippen molar-refractivity contribution in [1.82, 2.24) is 0 Å². The molecule has 0 aliphatic carbocycles. The minimum Gasteiger partial charge on any atom is -0.462 e. The van der Waals surface area contributed by atoms with E-state index in [-0.39, 0.29) is 5.97 Å². The highest BCUT2D eigenvalue weighted by Crippen LogP contribution is 2.02. The molecule has 0 radical (unpaired) electrons. The summed E-state index contributed by atoms with van der Waals surface area (Å²) in [4.78, 5) is 11.1. The average Bonchev–Trinajstić information content (AvgIpc) is 2.11. The van der Waals surface area contributed by atoms with Gasteiger partial charge in [0.1, 0.15) is 0 Å². The van der Waals surface area contributed by atoms with Crippen molar-refractivity contribution in [2.75, 3.05) is 33.8 Å². The second kappa shape index (κ2) is 6.62. The number of hydrogen-bond donors (Lipinski definition) is 0. The van der Waals surface area contributed by atoms with E-state index in [9.17, 15) is 4.79 Å². The Balaban J connectivity index is 3.62. The summed E-state index contributed by atoms with van der Waals surface area (Å²) in [5, 5.41) is 0. The van der Waals surface area contributed by atoms with Crippen LogP contribution in [0.4, 0.5) is 0 Å². The van der Waals surface area contributed by atoms with Gasteiger partial charge in [-0.05, 0) is 13.3 Å². The molecule has 0 rings (SSSR count). The third kappa shape index (κ3) is 7.14. The molecule has 0 spiro atoms. The van der Waals surface area contributed by atoms with Crippen molar-refractivity contribution in [3.05, 3.63) is 12.2 Å². The second-order valence-electron chi connectivity index (χ2n) is 4.65. The Kier molecular flexibility index (Phi) is 6.25. The topological polar surface area (TPSA) is 26.3 Å². The van der Waals surface area contributed by atoms with E-state index >= 15 is 0 Å². The molecule has 0 N–H and O–H groups in total. The lowest BCUT2D eigenvalue weighted by atomic mass is 10.3. The van der Waals surface area contributed by atoms with Gasteiger partial charge in [-0.1, -0.05) is 13.5 Å². The van der Waals surface area contributed by atoms with E-state index in [1.165, 1.54) is 6.42 Å². The number of carbonyl (C=O) groups excluding carboxylic acids is 1. The number of rotatable bonds is 7. The van der Waals surface area contributed by atoms with Gasteiger partial charge in [0.25, 0.3) is 0 Å². The molecule has 88 valence electrons. The minimum atomic E-state index is -0.282. The third-order valence-corrected chi connectivity index (χ3v) is 2.32. The standard InChI is InChI=1S/C12H24NO2/c1-6-8-13(4,5)9-7-10-15-12(14)11(2)3/h2,6-10H2,1,3-5H3/q+1. The quantitative estimate of drug-likeness (QED) is 0.280. The fourth-order valence-electron chi connectivity index (χ4n) is 1.50. The Hall–Kier alpha value is -0.830. The van der Waals surface area contributed by atoms with Crippen LogP contribution in [0.2, 0.25) is 0 Å². The van der Waals surface area contributed by atoms with E-state index in [1.54, 1.807) is 6.92 Å². The number of nitrogens with zero attached hydrogens (tertiary/aromatic N) is 1. The summed E-state index contributed by atoms with van der Waals surface area (Å²) in [6, 6.07) is 0. The molecule has 3 heteroatoms. The van der Waals surface area contributed by atoms with Crippen LogP contribution < -0.4 is 0 Å². The zero-order valence-electron chi connectivity index (χ0n) is 10.5. The normalized spacial score (nSPS) is 11.2. The monoisotopic (exact) mass is 214 g/mol. The van der Waals surface area contributed by atoms with Crippen LogP contribution in [0.5, 0.6) is 0 Å². The molecule has 0 saturated carbocycles. The Bertz CT molecular complexity index is 222. The number of quaternary nitrogens is 1. The molecule has 0 aromatic rings. The van der Waals surface area contributed by atoms with Gasteiger partial charge < -0.3 is 9.22 Å². The van der Waals surface area contributed by atoms with Crippen molar-refractivity contribution in [3.63, 3.8) is 0 Å². The lowest BCUT2D eigenvalue weighted by Crippen LogP contribution is -2.41. The van der Waals surface area contributed by atoms with Gasteiger partial charge >= 0.3 is 5.97 Å². The highest BCUT2D eigenvalue weighted by molar-refractivity contribution is 5.86. The van der Waals surface area contributed by atoms with Crippen LogP contribution in [-0.4, -0.2) is 44.2 Å². The van der Waals surface area contributed by atoms with E-state index in [4.69, 9.17) is 4.74 Å². The van der Waals surface area contributed by atoms with Crippen molar-refractivity contribution >= 4 is 5.97 Å². The number of hydrogen-bond acceptors (Lipinski definition) is 2. The molecule has 0 aromatic heterocycles. The van der Waals surface area contributed by atoms with E-state index in [1.807, 2.05) is 0 Å². The molecular formula is C12H24NO2+. The molecule has 0 bridgehead atoms. The Morgan fingerprint density at radius 2 is 1.93 bits per heavy atom. The summed E-state index contributed by atoms with van der Waals surface area (Å²) >= 11 is 0. The van der Waals surface area contributed by atoms with Crippen molar-refractivity contribution in [1.29, 1.82) is 0 Å².